The van der Waals surface area contributed by atoms with E-state index in [2.05, 4.69) is 41.6 Å². The lowest BCUT2D eigenvalue weighted by Crippen LogP contribution is -2.66. The summed E-state index contributed by atoms with van der Waals surface area (Å²) in [6.45, 7) is 9.96. The fourth-order valence-corrected chi connectivity index (χ4v) is 5.06. The number of hydrogen-bond acceptors (Lipinski definition) is 4. The number of aliphatic imine (C=N–C) groups is 1. The number of aryl methyl sites for hydroxylation is 1. The van der Waals surface area contributed by atoms with E-state index in [0.29, 0.717) is 24.7 Å². The predicted molar refractivity (Wildman–Crippen MR) is 132 cm³/mol. The molecule has 0 bridgehead atoms. The summed E-state index contributed by atoms with van der Waals surface area (Å²) in [5.74, 6) is 2.73. The molecule has 0 saturated heterocycles. The number of nitrogens with zero attached hydrogens (tertiary/aromatic N) is 4. The van der Waals surface area contributed by atoms with Crippen LogP contribution in [0.5, 0.6) is 0 Å². The molecule has 7 nitrogen and oxygen atoms in total. The third kappa shape index (κ3) is 5.47. The van der Waals surface area contributed by atoms with Crippen LogP contribution in [0.25, 0.3) is 0 Å². The van der Waals surface area contributed by atoms with Crippen LogP contribution in [0.3, 0.4) is 0 Å². The molecule has 2 aliphatic carbocycles. The van der Waals surface area contributed by atoms with E-state index in [4.69, 9.17) is 9.73 Å². The maximum Gasteiger partial charge on any atom is 0.192 e. The van der Waals surface area contributed by atoms with Crippen molar-refractivity contribution in [3.8, 4) is 0 Å². The molecule has 3 rings (SSSR count). The summed E-state index contributed by atoms with van der Waals surface area (Å²) in [5, 5.41) is 15.9. The largest absolute Gasteiger partial charge is 0.378 e. The highest BCUT2D eigenvalue weighted by Gasteiger charge is 2.53. The first-order chi connectivity index (χ1) is 14.0. The first-order valence-electron chi connectivity index (χ1n) is 11.6. The van der Waals surface area contributed by atoms with E-state index in [9.17, 15) is 0 Å². The van der Waals surface area contributed by atoms with Crippen LogP contribution in [0.4, 0.5) is 0 Å². The minimum Gasteiger partial charge on any atom is -0.378 e. The Morgan fingerprint density at radius 2 is 1.83 bits per heavy atom. The molecule has 2 aliphatic rings. The highest BCUT2D eigenvalue weighted by atomic mass is 127. The van der Waals surface area contributed by atoms with Crippen molar-refractivity contribution >= 4 is 29.9 Å². The van der Waals surface area contributed by atoms with Gasteiger partial charge in [-0.15, -0.1) is 34.2 Å². The molecule has 0 amide bonds. The van der Waals surface area contributed by atoms with Crippen LogP contribution >= 0.6 is 24.0 Å². The Balaban J connectivity index is 0.00000320. The van der Waals surface area contributed by atoms with Gasteiger partial charge in [-0.25, -0.2) is 4.99 Å². The fraction of sp³-hybridized carbons (Fsp3) is 0.864. The van der Waals surface area contributed by atoms with Crippen molar-refractivity contribution in [2.45, 2.75) is 104 Å². The molecular formula is C22H41IN6O. The van der Waals surface area contributed by atoms with Gasteiger partial charge < -0.3 is 19.9 Å². The normalized spacial score (nSPS) is 24.1. The number of guanidine groups is 1. The minimum atomic E-state index is 0. The lowest BCUT2D eigenvalue weighted by atomic mass is 9.58. The molecule has 0 radical (unpaired) electrons. The highest BCUT2D eigenvalue weighted by molar-refractivity contribution is 14.0. The number of nitrogens with one attached hydrogen (secondary N) is 2. The van der Waals surface area contributed by atoms with Crippen molar-refractivity contribution in [1.29, 1.82) is 0 Å². The van der Waals surface area contributed by atoms with Gasteiger partial charge in [0.2, 0.25) is 0 Å². The monoisotopic (exact) mass is 532 g/mol. The number of rotatable bonds is 8. The highest BCUT2D eigenvalue weighted by Crippen LogP contribution is 2.48. The Labute approximate surface area is 199 Å². The van der Waals surface area contributed by atoms with E-state index in [1.54, 1.807) is 0 Å². The van der Waals surface area contributed by atoms with E-state index in [0.717, 1.165) is 43.5 Å². The standard InChI is InChI=1S/C22H40N6O.HI/c1-6-22(7-2)18(14-19(22)29-8-3)25-21(24-17-12-10-9-11-13-17)23-15-20-27-26-16(4)28(20)5;/h17-19H,6-15H2,1-5H3,(H2,23,24,25);1H. The molecule has 2 N–H and O–H groups in total. The number of aromatic nitrogens is 3. The molecule has 1 aromatic heterocycles. The third-order valence-corrected chi connectivity index (χ3v) is 7.29. The van der Waals surface area contributed by atoms with E-state index >= 15 is 0 Å². The second-order valence-electron chi connectivity index (χ2n) is 8.68. The summed E-state index contributed by atoms with van der Waals surface area (Å²) in [7, 11) is 2.00. The molecule has 0 spiro atoms. The summed E-state index contributed by atoms with van der Waals surface area (Å²) in [4.78, 5) is 4.92. The van der Waals surface area contributed by atoms with Crippen LogP contribution in [0.15, 0.2) is 4.99 Å². The minimum absolute atomic E-state index is 0. The fourth-order valence-electron chi connectivity index (χ4n) is 5.06. The van der Waals surface area contributed by atoms with Gasteiger partial charge in [-0.1, -0.05) is 33.1 Å². The average molecular weight is 533 g/mol. The summed E-state index contributed by atoms with van der Waals surface area (Å²) >= 11 is 0. The molecule has 2 saturated carbocycles. The number of hydrogen-bond donors (Lipinski definition) is 2. The predicted octanol–water partition coefficient (Wildman–Crippen LogP) is 4.09. The van der Waals surface area contributed by atoms with Crippen LogP contribution < -0.4 is 10.6 Å². The van der Waals surface area contributed by atoms with Crippen molar-refractivity contribution in [3.63, 3.8) is 0 Å². The van der Waals surface area contributed by atoms with Gasteiger partial charge in [0.15, 0.2) is 11.8 Å². The Morgan fingerprint density at radius 1 is 1.13 bits per heavy atom. The van der Waals surface area contributed by atoms with Crippen LogP contribution in [0, 0.1) is 12.3 Å². The maximum absolute atomic E-state index is 6.06. The zero-order valence-corrected chi connectivity index (χ0v) is 21.7. The zero-order valence-electron chi connectivity index (χ0n) is 19.4. The SMILES string of the molecule is CCOC1CC(NC(=NCc2nnc(C)n2C)NC2CCCCC2)C1(CC)CC.I. The summed E-state index contributed by atoms with van der Waals surface area (Å²) < 4.78 is 8.08. The van der Waals surface area contributed by atoms with E-state index in [-0.39, 0.29) is 29.4 Å². The van der Waals surface area contributed by atoms with Crippen molar-refractivity contribution < 1.29 is 4.74 Å². The molecule has 2 atom stereocenters. The smallest absolute Gasteiger partial charge is 0.192 e. The molecule has 30 heavy (non-hydrogen) atoms. The summed E-state index contributed by atoms with van der Waals surface area (Å²) in [5.41, 5.74) is 0.187. The maximum atomic E-state index is 6.06. The Bertz CT molecular complexity index is 681. The van der Waals surface area contributed by atoms with Gasteiger partial charge in [-0.3, -0.25) is 0 Å². The second-order valence-corrected chi connectivity index (χ2v) is 8.68. The van der Waals surface area contributed by atoms with Crippen molar-refractivity contribution in [3.05, 3.63) is 11.6 Å². The quantitative estimate of drug-likeness (QED) is 0.300. The van der Waals surface area contributed by atoms with Crippen LogP contribution in [0.1, 0.15) is 83.8 Å². The molecule has 1 heterocycles. The van der Waals surface area contributed by atoms with Gasteiger partial charge in [0.05, 0.1) is 6.10 Å². The van der Waals surface area contributed by atoms with Crippen molar-refractivity contribution in [2.75, 3.05) is 6.61 Å². The van der Waals surface area contributed by atoms with Gasteiger partial charge >= 0.3 is 0 Å². The van der Waals surface area contributed by atoms with Crippen molar-refractivity contribution in [1.82, 2.24) is 25.4 Å². The van der Waals surface area contributed by atoms with Gasteiger partial charge in [0.1, 0.15) is 12.4 Å². The van der Waals surface area contributed by atoms with Gasteiger partial charge in [-0.05, 0) is 46.0 Å². The molecule has 172 valence electrons. The Hall–Kier alpha value is -0.900. The van der Waals surface area contributed by atoms with Gasteiger partial charge in [0.25, 0.3) is 0 Å². The number of halogens is 1. The van der Waals surface area contributed by atoms with Gasteiger partial charge in [0, 0.05) is 31.2 Å². The molecule has 8 heteroatoms. The van der Waals surface area contributed by atoms with E-state index < -0.39 is 0 Å². The lowest BCUT2D eigenvalue weighted by molar-refractivity contribution is -0.133. The molecule has 1 aromatic rings. The Morgan fingerprint density at radius 3 is 2.40 bits per heavy atom. The first kappa shape index (κ1) is 25.4. The molecule has 2 unspecified atom stereocenters. The number of ether oxygens (including phenoxy) is 1. The second kappa shape index (κ2) is 11.6. The average Bonchev–Trinajstić information content (AvgIpc) is 3.05. The summed E-state index contributed by atoms with van der Waals surface area (Å²) in [6.07, 6.45) is 10.0. The third-order valence-electron chi connectivity index (χ3n) is 7.29. The zero-order chi connectivity index (χ0) is 20.9. The Kier molecular flexibility index (Phi) is 9.84. The molecule has 0 aliphatic heterocycles. The van der Waals surface area contributed by atoms with Crippen LogP contribution in [0.2, 0.25) is 0 Å². The summed E-state index contributed by atoms with van der Waals surface area (Å²) in [6, 6.07) is 0.904. The topological polar surface area (TPSA) is 76.4 Å². The van der Waals surface area contributed by atoms with Gasteiger partial charge in [-0.2, -0.15) is 0 Å². The molecular weight excluding hydrogens is 491 g/mol. The van der Waals surface area contributed by atoms with Crippen LogP contribution in [-0.2, 0) is 18.3 Å². The molecule has 0 aromatic carbocycles. The first-order valence-corrected chi connectivity index (χ1v) is 11.6. The van der Waals surface area contributed by atoms with E-state index in [1.165, 1.54) is 32.1 Å². The van der Waals surface area contributed by atoms with Crippen molar-refractivity contribution in [2.24, 2.45) is 17.5 Å². The van der Waals surface area contributed by atoms with E-state index in [1.807, 2.05) is 18.5 Å². The van der Waals surface area contributed by atoms with Crippen LogP contribution in [-0.4, -0.2) is 45.5 Å². The molecule has 2 fully saturated rings. The lowest BCUT2D eigenvalue weighted by Gasteiger charge is -2.55.